The largest absolute Gasteiger partial charge is 0.494 e. The summed E-state index contributed by atoms with van der Waals surface area (Å²) in [5, 5.41) is 0. The van der Waals surface area contributed by atoms with Crippen molar-refractivity contribution in [2.24, 2.45) is 5.92 Å². The van der Waals surface area contributed by atoms with Gasteiger partial charge in [0.25, 0.3) is 0 Å². The smallest absolute Gasteiger partial charge is 0.119 e. The maximum absolute atomic E-state index is 5.90. The minimum Gasteiger partial charge on any atom is -0.494 e. The third kappa shape index (κ3) is 6.91. The predicted octanol–water partition coefficient (Wildman–Crippen LogP) is 8.78. The molecule has 0 aliphatic heterocycles. The number of ether oxygens (including phenoxy) is 1. The number of rotatable bonds is 11. The summed E-state index contributed by atoms with van der Waals surface area (Å²) in [6.45, 7) is 5.40. The van der Waals surface area contributed by atoms with Crippen LogP contribution in [0.3, 0.4) is 0 Å². The van der Waals surface area contributed by atoms with Crippen LogP contribution in [0.1, 0.15) is 96.0 Å². The Labute approximate surface area is 178 Å². The molecular weight excluding hydrogens is 352 g/mol. The second-order valence-corrected chi connectivity index (χ2v) is 8.92. The highest BCUT2D eigenvalue weighted by atomic mass is 16.5. The van der Waals surface area contributed by atoms with Gasteiger partial charge >= 0.3 is 0 Å². The highest BCUT2D eigenvalue weighted by molar-refractivity contribution is 5.64. The van der Waals surface area contributed by atoms with E-state index in [1.807, 2.05) is 0 Å². The number of hydrogen-bond donors (Lipinski definition) is 0. The van der Waals surface area contributed by atoms with Crippen LogP contribution in [0.2, 0.25) is 0 Å². The zero-order valence-corrected chi connectivity index (χ0v) is 18.7. The Kier molecular flexibility index (Phi) is 9.12. The van der Waals surface area contributed by atoms with Crippen LogP contribution in [0.15, 0.2) is 48.5 Å². The van der Waals surface area contributed by atoms with E-state index < -0.39 is 0 Å². The SMILES string of the molecule is CCCCCCCOc1ccc(-c2ccc(C3CCC(CCC)CC3)cc2)cc1. The molecule has 0 heterocycles. The van der Waals surface area contributed by atoms with E-state index >= 15 is 0 Å². The van der Waals surface area contributed by atoms with Gasteiger partial charge in [0.1, 0.15) is 5.75 Å². The molecule has 1 aliphatic rings. The van der Waals surface area contributed by atoms with Gasteiger partial charge in [-0.1, -0.05) is 88.8 Å². The highest BCUT2D eigenvalue weighted by Crippen LogP contribution is 2.38. The van der Waals surface area contributed by atoms with Crippen LogP contribution in [0, 0.1) is 5.92 Å². The van der Waals surface area contributed by atoms with Gasteiger partial charge in [-0.2, -0.15) is 0 Å². The molecule has 0 aromatic heterocycles. The van der Waals surface area contributed by atoms with E-state index in [0.29, 0.717) is 0 Å². The van der Waals surface area contributed by atoms with Crippen molar-refractivity contribution in [3.05, 3.63) is 54.1 Å². The lowest BCUT2D eigenvalue weighted by atomic mass is 9.77. The fourth-order valence-corrected chi connectivity index (χ4v) is 4.78. The third-order valence-electron chi connectivity index (χ3n) is 6.63. The first kappa shape index (κ1) is 21.9. The molecule has 0 atom stereocenters. The first-order chi connectivity index (χ1) is 14.3. The van der Waals surface area contributed by atoms with Crippen LogP contribution < -0.4 is 4.74 Å². The zero-order valence-electron chi connectivity index (χ0n) is 18.7. The van der Waals surface area contributed by atoms with E-state index in [4.69, 9.17) is 4.74 Å². The van der Waals surface area contributed by atoms with Crippen LogP contribution >= 0.6 is 0 Å². The zero-order chi connectivity index (χ0) is 20.3. The van der Waals surface area contributed by atoms with Crippen molar-refractivity contribution >= 4 is 0 Å². The first-order valence-corrected chi connectivity index (χ1v) is 12.1. The molecule has 0 saturated heterocycles. The lowest BCUT2D eigenvalue weighted by molar-refractivity contribution is 0.304. The minimum atomic E-state index is 0.769. The van der Waals surface area contributed by atoms with E-state index in [1.165, 1.54) is 80.9 Å². The molecule has 29 heavy (non-hydrogen) atoms. The molecule has 158 valence electrons. The Morgan fingerprint density at radius 2 is 1.31 bits per heavy atom. The Morgan fingerprint density at radius 3 is 1.93 bits per heavy atom. The summed E-state index contributed by atoms with van der Waals surface area (Å²) in [7, 11) is 0. The van der Waals surface area contributed by atoms with Gasteiger partial charge in [0, 0.05) is 0 Å². The molecular formula is C28H40O. The van der Waals surface area contributed by atoms with Crippen molar-refractivity contribution in [2.45, 2.75) is 90.4 Å². The quantitative estimate of drug-likeness (QED) is 0.347. The molecule has 0 bridgehead atoms. The maximum Gasteiger partial charge on any atom is 0.119 e. The van der Waals surface area contributed by atoms with Crippen LogP contribution in [0.4, 0.5) is 0 Å². The van der Waals surface area contributed by atoms with Crippen LogP contribution in [-0.4, -0.2) is 6.61 Å². The van der Waals surface area contributed by atoms with Crippen molar-refractivity contribution in [3.8, 4) is 16.9 Å². The summed E-state index contributed by atoms with van der Waals surface area (Å²) in [6.07, 6.45) is 14.7. The molecule has 0 N–H and O–H groups in total. The molecule has 0 amide bonds. The van der Waals surface area contributed by atoms with Gasteiger partial charge in [-0.3, -0.25) is 0 Å². The molecule has 2 aromatic carbocycles. The van der Waals surface area contributed by atoms with E-state index in [-0.39, 0.29) is 0 Å². The fourth-order valence-electron chi connectivity index (χ4n) is 4.78. The lowest BCUT2D eigenvalue weighted by Gasteiger charge is -2.28. The van der Waals surface area contributed by atoms with Gasteiger partial charge < -0.3 is 4.74 Å². The normalized spacial score (nSPS) is 19.2. The molecule has 3 rings (SSSR count). The average molecular weight is 393 g/mol. The molecule has 0 spiro atoms. The van der Waals surface area contributed by atoms with Crippen molar-refractivity contribution in [1.82, 2.24) is 0 Å². The maximum atomic E-state index is 5.90. The van der Waals surface area contributed by atoms with Crippen LogP contribution in [-0.2, 0) is 0 Å². The first-order valence-electron chi connectivity index (χ1n) is 12.1. The van der Waals surface area contributed by atoms with Crippen molar-refractivity contribution < 1.29 is 4.74 Å². The monoisotopic (exact) mass is 392 g/mol. The Hall–Kier alpha value is -1.76. The van der Waals surface area contributed by atoms with E-state index in [9.17, 15) is 0 Å². The van der Waals surface area contributed by atoms with Crippen molar-refractivity contribution in [1.29, 1.82) is 0 Å². The van der Waals surface area contributed by atoms with Gasteiger partial charge in [-0.15, -0.1) is 0 Å². The van der Waals surface area contributed by atoms with E-state index in [1.54, 1.807) is 0 Å². The topological polar surface area (TPSA) is 9.23 Å². The lowest BCUT2D eigenvalue weighted by Crippen LogP contribution is -2.13. The molecule has 1 saturated carbocycles. The second-order valence-electron chi connectivity index (χ2n) is 8.92. The van der Waals surface area contributed by atoms with Crippen molar-refractivity contribution in [2.75, 3.05) is 6.61 Å². The summed E-state index contributed by atoms with van der Waals surface area (Å²) >= 11 is 0. The van der Waals surface area contributed by atoms with Crippen LogP contribution in [0.25, 0.3) is 11.1 Å². The summed E-state index contributed by atoms with van der Waals surface area (Å²) in [5.41, 5.74) is 4.12. The highest BCUT2D eigenvalue weighted by Gasteiger charge is 2.21. The van der Waals surface area contributed by atoms with E-state index in [0.717, 1.165) is 30.6 Å². The molecule has 1 heteroatoms. The van der Waals surface area contributed by atoms with Crippen molar-refractivity contribution in [3.63, 3.8) is 0 Å². The van der Waals surface area contributed by atoms with Gasteiger partial charge in [0.05, 0.1) is 6.61 Å². The second kappa shape index (κ2) is 12.1. The van der Waals surface area contributed by atoms with E-state index in [2.05, 4.69) is 62.4 Å². The molecule has 2 aromatic rings. The summed E-state index contributed by atoms with van der Waals surface area (Å²) in [6, 6.07) is 17.9. The Bertz CT molecular complexity index is 677. The van der Waals surface area contributed by atoms with Gasteiger partial charge in [0.15, 0.2) is 0 Å². The standard InChI is InChI=1S/C28H40O/c1-3-5-6-7-8-22-29-28-20-18-27(19-21-28)26-16-14-25(15-17-26)24-12-10-23(9-4-2)11-13-24/h14-21,23-24H,3-13,22H2,1-2H3. The predicted molar refractivity (Wildman–Crippen MR) is 126 cm³/mol. The fraction of sp³-hybridized carbons (Fsp3) is 0.571. The Balaban J connectivity index is 1.47. The summed E-state index contributed by atoms with van der Waals surface area (Å²) in [5.74, 6) is 2.74. The number of benzene rings is 2. The van der Waals surface area contributed by atoms with Gasteiger partial charge in [0.2, 0.25) is 0 Å². The summed E-state index contributed by atoms with van der Waals surface area (Å²) in [4.78, 5) is 0. The minimum absolute atomic E-state index is 0.769. The molecule has 1 nitrogen and oxygen atoms in total. The van der Waals surface area contributed by atoms with Gasteiger partial charge in [-0.05, 0) is 72.8 Å². The number of unbranched alkanes of at least 4 members (excludes halogenated alkanes) is 4. The molecule has 1 aliphatic carbocycles. The third-order valence-corrected chi connectivity index (χ3v) is 6.63. The molecule has 1 fully saturated rings. The van der Waals surface area contributed by atoms with Crippen LogP contribution in [0.5, 0.6) is 5.75 Å². The number of hydrogen-bond acceptors (Lipinski definition) is 1. The Morgan fingerprint density at radius 1 is 0.690 bits per heavy atom. The molecule has 0 unspecified atom stereocenters. The van der Waals surface area contributed by atoms with Gasteiger partial charge in [-0.25, -0.2) is 0 Å². The average Bonchev–Trinajstić information content (AvgIpc) is 2.78. The summed E-state index contributed by atoms with van der Waals surface area (Å²) < 4.78 is 5.90. The molecule has 0 radical (unpaired) electrons.